The Morgan fingerprint density at radius 1 is 1.20 bits per heavy atom. The molecule has 0 radical (unpaired) electrons. The number of aliphatic hydroxyl groups excluding tert-OH is 2. The maximum absolute atomic E-state index is 9.70. The third-order valence-corrected chi connectivity index (χ3v) is 2.93. The van der Waals surface area contributed by atoms with Gasteiger partial charge in [-0.05, 0) is 11.6 Å². The first kappa shape index (κ1) is 17.4. The molecule has 6 heteroatoms. The summed E-state index contributed by atoms with van der Waals surface area (Å²) in [6, 6.07) is 7.47. The van der Waals surface area contributed by atoms with Crippen LogP contribution in [0.15, 0.2) is 24.3 Å². The quantitative estimate of drug-likeness (QED) is 0.528. The summed E-state index contributed by atoms with van der Waals surface area (Å²) >= 11 is 6.00. The molecule has 114 valence electrons. The minimum Gasteiger partial charge on any atom is -0.394 e. The Labute approximate surface area is 124 Å². The van der Waals surface area contributed by atoms with Crippen molar-refractivity contribution in [3.63, 3.8) is 0 Å². The Morgan fingerprint density at radius 2 is 2.00 bits per heavy atom. The molecule has 0 aliphatic heterocycles. The van der Waals surface area contributed by atoms with Crippen LogP contribution in [0.25, 0.3) is 0 Å². The predicted octanol–water partition coefficient (Wildman–Crippen LogP) is 0.816. The van der Waals surface area contributed by atoms with Crippen LogP contribution < -0.4 is 5.32 Å². The van der Waals surface area contributed by atoms with Gasteiger partial charge >= 0.3 is 0 Å². The first-order valence-corrected chi connectivity index (χ1v) is 7.00. The number of ether oxygens (including phenoxy) is 2. The topological polar surface area (TPSA) is 71.0 Å². The van der Waals surface area contributed by atoms with Gasteiger partial charge in [0.25, 0.3) is 0 Å². The number of benzene rings is 1. The van der Waals surface area contributed by atoms with E-state index in [1.807, 2.05) is 24.3 Å². The van der Waals surface area contributed by atoms with Gasteiger partial charge in [-0.15, -0.1) is 0 Å². The van der Waals surface area contributed by atoms with Crippen molar-refractivity contribution in [2.75, 3.05) is 39.5 Å². The van der Waals surface area contributed by atoms with Gasteiger partial charge in [0.15, 0.2) is 0 Å². The van der Waals surface area contributed by atoms with Crippen LogP contribution in [0.1, 0.15) is 5.56 Å². The molecule has 0 saturated heterocycles. The van der Waals surface area contributed by atoms with Gasteiger partial charge in [0.05, 0.1) is 39.1 Å². The van der Waals surface area contributed by atoms with Crippen LogP contribution in [0.5, 0.6) is 0 Å². The van der Waals surface area contributed by atoms with Gasteiger partial charge in [-0.1, -0.05) is 29.8 Å². The lowest BCUT2D eigenvalue weighted by Crippen LogP contribution is -2.32. The zero-order chi connectivity index (χ0) is 14.6. The van der Waals surface area contributed by atoms with Crippen molar-refractivity contribution in [2.24, 2.45) is 0 Å². The molecule has 0 bridgehead atoms. The highest BCUT2D eigenvalue weighted by Crippen LogP contribution is 2.15. The minimum atomic E-state index is -0.574. The monoisotopic (exact) mass is 303 g/mol. The number of halogens is 1. The highest BCUT2D eigenvalue weighted by atomic mass is 35.5. The molecule has 0 heterocycles. The largest absolute Gasteiger partial charge is 0.394 e. The van der Waals surface area contributed by atoms with E-state index >= 15 is 0 Å². The maximum atomic E-state index is 9.70. The van der Waals surface area contributed by atoms with Crippen LogP contribution in [0.4, 0.5) is 0 Å². The summed E-state index contributed by atoms with van der Waals surface area (Å²) in [5, 5.41) is 21.9. The molecule has 1 rings (SSSR count). The highest BCUT2D eigenvalue weighted by molar-refractivity contribution is 6.31. The zero-order valence-corrected chi connectivity index (χ0v) is 12.2. The second-order valence-electron chi connectivity index (χ2n) is 4.30. The van der Waals surface area contributed by atoms with E-state index in [4.69, 9.17) is 26.2 Å². The Hall–Kier alpha value is -0.690. The van der Waals surface area contributed by atoms with E-state index in [2.05, 4.69) is 5.32 Å². The molecule has 20 heavy (non-hydrogen) atoms. The SMILES string of the molecule is OCCOCCNC[C@@H](O)COCc1ccccc1Cl. The zero-order valence-electron chi connectivity index (χ0n) is 11.4. The lowest BCUT2D eigenvalue weighted by atomic mass is 10.2. The number of hydrogen-bond acceptors (Lipinski definition) is 5. The fourth-order valence-electron chi connectivity index (χ4n) is 1.56. The van der Waals surface area contributed by atoms with Crippen molar-refractivity contribution >= 4 is 11.6 Å². The Bertz CT molecular complexity index is 365. The van der Waals surface area contributed by atoms with Crippen LogP contribution in [0, 0.1) is 0 Å². The molecule has 0 aliphatic carbocycles. The summed E-state index contributed by atoms with van der Waals surface area (Å²) in [5.41, 5.74) is 0.909. The molecular weight excluding hydrogens is 282 g/mol. The number of hydrogen-bond donors (Lipinski definition) is 3. The molecule has 3 N–H and O–H groups in total. The molecule has 0 unspecified atom stereocenters. The molecule has 0 saturated carbocycles. The normalized spacial score (nSPS) is 12.6. The number of aliphatic hydroxyl groups is 2. The lowest BCUT2D eigenvalue weighted by molar-refractivity contribution is 0.0273. The summed E-state index contributed by atoms with van der Waals surface area (Å²) in [7, 11) is 0. The van der Waals surface area contributed by atoms with E-state index in [0.29, 0.717) is 37.9 Å². The fraction of sp³-hybridized carbons (Fsp3) is 0.571. The number of nitrogens with one attached hydrogen (secondary N) is 1. The first-order valence-electron chi connectivity index (χ1n) is 6.62. The van der Waals surface area contributed by atoms with E-state index in [0.717, 1.165) is 5.56 Å². The molecule has 0 amide bonds. The standard InChI is InChI=1S/C14H22ClNO4/c15-14-4-2-1-3-12(14)10-20-11-13(18)9-16-5-7-19-8-6-17/h1-4,13,16-18H,5-11H2/t13-/m1/s1. The van der Waals surface area contributed by atoms with Crippen molar-refractivity contribution in [1.29, 1.82) is 0 Å². The summed E-state index contributed by atoms with van der Waals surface area (Å²) < 4.78 is 10.5. The van der Waals surface area contributed by atoms with Gasteiger partial charge < -0.3 is 25.0 Å². The fourth-order valence-corrected chi connectivity index (χ4v) is 1.75. The van der Waals surface area contributed by atoms with Gasteiger partial charge in [-0.3, -0.25) is 0 Å². The molecule has 0 aromatic heterocycles. The molecule has 1 atom stereocenters. The highest BCUT2D eigenvalue weighted by Gasteiger charge is 2.05. The maximum Gasteiger partial charge on any atom is 0.0897 e. The molecule has 5 nitrogen and oxygen atoms in total. The average molecular weight is 304 g/mol. The van der Waals surface area contributed by atoms with Gasteiger partial charge in [0, 0.05) is 18.1 Å². The van der Waals surface area contributed by atoms with Crippen molar-refractivity contribution in [2.45, 2.75) is 12.7 Å². The smallest absolute Gasteiger partial charge is 0.0897 e. The lowest BCUT2D eigenvalue weighted by Gasteiger charge is -2.13. The van der Waals surface area contributed by atoms with E-state index in [1.54, 1.807) is 0 Å². The van der Waals surface area contributed by atoms with Gasteiger partial charge in [0.1, 0.15) is 0 Å². The van der Waals surface area contributed by atoms with Crippen LogP contribution in [-0.4, -0.2) is 55.8 Å². The van der Waals surface area contributed by atoms with Crippen LogP contribution in [0.2, 0.25) is 5.02 Å². The average Bonchev–Trinajstić information content (AvgIpc) is 2.45. The third kappa shape index (κ3) is 7.79. The van der Waals surface area contributed by atoms with Crippen molar-refractivity contribution in [3.05, 3.63) is 34.9 Å². The van der Waals surface area contributed by atoms with Crippen molar-refractivity contribution < 1.29 is 19.7 Å². The molecule has 0 spiro atoms. The third-order valence-electron chi connectivity index (χ3n) is 2.56. The summed E-state index contributed by atoms with van der Waals surface area (Å²) in [5.74, 6) is 0. The molecule has 1 aromatic rings. The van der Waals surface area contributed by atoms with E-state index < -0.39 is 6.10 Å². The first-order chi connectivity index (χ1) is 9.74. The van der Waals surface area contributed by atoms with Crippen LogP contribution >= 0.6 is 11.6 Å². The Balaban J connectivity index is 2.03. The molecule has 1 aromatic carbocycles. The van der Waals surface area contributed by atoms with E-state index in [-0.39, 0.29) is 13.2 Å². The molecule has 0 fully saturated rings. The second-order valence-corrected chi connectivity index (χ2v) is 4.71. The Morgan fingerprint density at radius 3 is 2.75 bits per heavy atom. The molecule has 0 aliphatic rings. The van der Waals surface area contributed by atoms with E-state index in [9.17, 15) is 5.11 Å². The van der Waals surface area contributed by atoms with Crippen molar-refractivity contribution in [1.82, 2.24) is 5.32 Å². The van der Waals surface area contributed by atoms with Gasteiger partial charge in [-0.2, -0.15) is 0 Å². The van der Waals surface area contributed by atoms with Crippen LogP contribution in [0.3, 0.4) is 0 Å². The molecular formula is C14H22ClNO4. The van der Waals surface area contributed by atoms with Crippen molar-refractivity contribution in [3.8, 4) is 0 Å². The summed E-state index contributed by atoms with van der Waals surface area (Å²) in [6.07, 6.45) is -0.574. The van der Waals surface area contributed by atoms with Gasteiger partial charge in [0.2, 0.25) is 0 Å². The summed E-state index contributed by atoms with van der Waals surface area (Å²) in [6.45, 7) is 2.57. The Kier molecular flexibility index (Phi) is 9.57. The minimum absolute atomic E-state index is 0.0263. The second kappa shape index (κ2) is 11.0. The van der Waals surface area contributed by atoms with Gasteiger partial charge in [-0.25, -0.2) is 0 Å². The summed E-state index contributed by atoms with van der Waals surface area (Å²) in [4.78, 5) is 0. The van der Waals surface area contributed by atoms with E-state index in [1.165, 1.54) is 0 Å². The predicted molar refractivity (Wildman–Crippen MR) is 77.9 cm³/mol. The van der Waals surface area contributed by atoms with Crippen LogP contribution in [-0.2, 0) is 16.1 Å². The number of rotatable bonds is 11.